The highest BCUT2D eigenvalue weighted by Gasteiger charge is 2.02. The van der Waals surface area contributed by atoms with Crippen LogP contribution in [0.1, 0.15) is 44.9 Å². The summed E-state index contributed by atoms with van der Waals surface area (Å²) in [6.07, 6.45) is 6.22. The van der Waals surface area contributed by atoms with Crippen LogP contribution in [0.3, 0.4) is 0 Å². The van der Waals surface area contributed by atoms with Crippen LogP contribution in [-0.4, -0.2) is 41.4 Å². The molecule has 0 aliphatic heterocycles. The fraction of sp³-hybridized carbons (Fsp3) is 1.00. The molecule has 15 heavy (non-hydrogen) atoms. The Labute approximate surface area is 91.9 Å². The second-order valence-corrected chi connectivity index (χ2v) is 3.68. The van der Waals surface area contributed by atoms with Gasteiger partial charge in [0.05, 0.1) is 13.2 Å². The Balaban J connectivity index is 3.02. The van der Waals surface area contributed by atoms with E-state index in [-0.39, 0.29) is 19.8 Å². The summed E-state index contributed by atoms with van der Waals surface area (Å²) < 4.78 is 4.91. The zero-order chi connectivity index (χ0) is 11.4. The van der Waals surface area contributed by atoms with Crippen LogP contribution in [0.2, 0.25) is 0 Å². The van der Waals surface area contributed by atoms with Gasteiger partial charge in [-0.1, -0.05) is 25.7 Å². The van der Waals surface area contributed by atoms with Crippen molar-refractivity contribution < 1.29 is 20.1 Å². The maximum Gasteiger partial charge on any atom is 0.154 e. The zero-order valence-electron chi connectivity index (χ0n) is 9.40. The van der Waals surface area contributed by atoms with Gasteiger partial charge in [0.2, 0.25) is 0 Å². The van der Waals surface area contributed by atoms with Gasteiger partial charge in [-0.05, 0) is 19.3 Å². The average Bonchev–Trinajstić information content (AvgIpc) is 2.25. The molecule has 0 saturated carbocycles. The van der Waals surface area contributed by atoms with Crippen LogP contribution in [-0.2, 0) is 4.74 Å². The molecule has 0 aliphatic carbocycles. The first kappa shape index (κ1) is 14.8. The van der Waals surface area contributed by atoms with Crippen LogP contribution in [0.4, 0.5) is 0 Å². The molecule has 92 valence electrons. The van der Waals surface area contributed by atoms with Crippen LogP contribution >= 0.6 is 0 Å². The number of aliphatic hydroxyl groups excluding tert-OH is 3. The molecule has 0 aliphatic rings. The third-order valence-corrected chi connectivity index (χ3v) is 2.26. The number of unbranched alkanes of at least 4 members (excludes halogenated alkanes) is 5. The summed E-state index contributed by atoms with van der Waals surface area (Å²) in [5, 5.41) is 26.3. The molecule has 0 amide bonds. The van der Waals surface area contributed by atoms with Crippen molar-refractivity contribution in [1.82, 2.24) is 0 Å². The fourth-order valence-corrected chi connectivity index (χ4v) is 1.41. The van der Waals surface area contributed by atoms with Crippen LogP contribution in [0.25, 0.3) is 0 Å². The van der Waals surface area contributed by atoms with E-state index in [0.29, 0.717) is 6.42 Å². The Hall–Kier alpha value is -0.160. The van der Waals surface area contributed by atoms with Crippen molar-refractivity contribution in [3.8, 4) is 0 Å². The number of aliphatic hydroxyl groups is 3. The smallest absolute Gasteiger partial charge is 0.154 e. The van der Waals surface area contributed by atoms with Crippen molar-refractivity contribution in [3.05, 3.63) is 0 Å². The van der Waals surface area contributed by atoms with Crippen molar-refractivity contribution in [2.24, 2.45) is 0 Å². The molecule has 3 N–H and O–H groups in total. The summed E-state index contributed by atoms with van der Waals surface area (Å²) >= 11 is 0. The first-order valence-corrected chi connectivity index (χ1v) is 5.82. The molecule has 1 atom stereocenters. The Morgan fingerprint density at radius 1 is 0.800 bits per heavy atom. The van der Waals surface area contributed by atoms with Gasteiger partial charge >= 0.3 is 0 Å². The van der Waals surface area contributed by atoms with Crippen LogP contribution in [0.5, 0.6) is 0 Å². The van der Waals surface area contributed by atoms with Crippen molar-refractivity contribution in [1.29, 1.82) is 0 Å². The van der Waals surface area contributed by atoms with Crippen LogP contribution in [0, 0.1) is 0 Å². The van der Waals surface area contributed by atoms with E-state index in [1.807, 2.05) is 0 Å². The minimum Gasteiger partial charge on any atom is -0.396 e. The van der Waals surface area contributed by atoms with E-state index in [1.54, 1.807) is 0 Å². The summed E-state index contributed by atoms with van der Waals surface area (Å²) in [6.45, 7) is 0.448. The highest BCUT2D eigenvalue weighted by Crippen LogP contribution is 2.09. The standard InChI is InChI=1S/C11H24O4/c12-8-6-4-2-1-3-5-7-11(14)15-10-9-13/h11-14H,1-10H2. The largest absolute Gasteiger partial charge is 0.396 e. The molecule has 0 radical (unpaired) electrons. The third kappa shape index (κ3) is 11.8. The van der Waals surface area contributed by atoms with Crippen molar-refractivity contribution >= 4 is 0 Å². The second-order valence-electron chi connectivity index (χ2n) is 3.68. The van der Waals surface area contributed by atoms with E-state index in [0.717, 1.165) is 38.5 Å². The second kappa shape index (κ2) is 11.9. The molecule has 4 heteroatoms. The lowest BCUT2D eigenvalue weighted by Gasteiger charge is -2.10. The Morgan fingerprint density at radius 3 is 2.00 bits per heavy atom. The molecule has 0 fully saturated rings. The quantitative estimate of drug-likeness (QED) is 0.359. The molecule has 0 rings (SSSR count). The number of ether oxygens (including phenoxy) is 1. The Morgan fingerprint density at radius 2 is 1.40 bits per heavy atom. The Kier molecular flexibility index (Phi) is 11.8. The normalized spacial score (nSPS) is 13.0. The molecule has 1 unspecified atom stereocenters. The molecule has 4 nitrogen and oxygen atoms in total. The average molecular weight is 220 g/mol. The van der Waals surface area contributed by atoms with Crippen molar-refractivity contribution in [3.63, 3.8) is 0 Å². The topological polar surface area (TPSA) is 69.9 Å². The van der Waals surface area contributed by atoms with Gasteiger partial charge in [0.15, 0.2) is 6.29 Å². The molecule has 0 bridgehead atoms. The molecule has 0 saturated heterocycles. The predicted molar refractivity (Wildman–Crippen MR) is 58.4 cm³/mol. The van der Waals surface area contributed by atoms with E-state index in [4.69, 9.17) is 14.9 Å². The van der Waals surface area contributed by atoms with Gasteiger partial charge in [0.1, 0.15) is 0 Å². The molecule has 0 aromatic heterocycles. The molecular formula is C11H24O4. The van der Waals surface area contributed by atoms with E-state index < -0.39 is 6.29 Å². The van der Waals surface area contributed by atoms with Crippen LogP contribution in [0.15, 0.2) is 0 Å². The van der Waals surface area contributed by atoms with Crippen molar-refractivity contribution in [2.75, 3.05) is 19.8 Å². The lowest BCUT2D eigenvalue weighted by molar-refractivity contribution is -0.111. The molecule has 0 spiro atoms. The zero-order valence-corrected chi connectivity index (χ0v) is 9.40. The molecule has 0 aromatic carbocycles. The monoisotopic (exact) mass is 220 g/mol. The van der Waals surface area contributed by atoms with Gasteiger partial charge < -0.3 is 20.1 Å². The molecule has 0 aromatic rings. The van der Waals surface area contributed by atoms with Crippen molar-refractivity contribution in [2.45, 2.75) is 51.2 Å². The summed E-state index contributed by atoms with van der Waals surface area (Å²) in [7, 11) is 0. The van der Waals surface area contributed by atoms with Gasteiger partial charge in [-0.15, -0.1) is 0 Å². The lowest BCUT2D eigenvalue weighted by Crippen LogP contribution is -2.14. The number of hydrogen-bond acceptors (Lipinski definition) is 4. The summed E-state index contributed by atoms with van der Waals surface area (Å²) in [4.78, 5) is 0. The lowest BCUT2D eigenvalue weighted by atomic mass is 10.1. The van der Waals surface area contributed by atoms with Gasteiger partial charge in [0.25, 0.3) is 0 Å². The maximum absolute atomic E-state index is 9.25. The fourth-order valence-electron chi connectivity index (χ4n) is 1.41. The van der Waals surface area contributed by atoms with Gasteiger partial charge in [-0.25, -0.2) is 0 Å². The first-order valence-electron chi connectivity index (χ1n) is 5.82. The number of rotatable bonds is 11. The maximum atomic E-state index is 9.25. The van der Waals surface area contributed by atoms with Gasteiger partial charge in [-0.2, -0.15) is 0 Å². The van der Waals surface area contributed by atoms with E-state index >= 15 is 0 Å². The van der Waals surface area contributed by atoms with E-state index in [1.165, 1.54) is 0 Å². The minimum atomic E-state index is -0.727. The molecular weight excluding hydrogens is 196 g/mol. The highest BCUT2D eigenvalue weighted by molar-refractivity contribution is 4.48. The van der Waals surface area contributed by atoms with E-state index in [9.17, 15) is 5.11 Å². The SMILES string of the molecule is OCCCCCCCCC(O)OCCO. The number of hydrogen-bond donors (Lipinski definition) is 3. The predicted octanol–water partition coefficient (Wildman–Crippen LogP) is 1.04. The van der Waals surface area contributed by atoms with E-state index in [2.05, 4.69) is 0 Å². The molecule has 0 heterocycles. The van der Waals surface area contributed by atoms with Crippen LogP contribution < -0.4 is 0 Å². The van der Waals surface area contributed by atoms with Gasteiger partial charge in [-0.3, -0.25) is 0 Å². The Bertz CT molecular complexity index is 119. The summed E-state index contributed by atoms with van der Waals surface area (Å²) in [5.74, 6) is 0. The van der Waals surface area contributed by atoms with Gasteiger partial charge in [0, 0.05) is 6.61 Å². The summed E-state index contributed by atoms with van der Waals surface area (Å²) in [6, 6.07) is 0. The highest BCUT2D eigenvalue weighted by atomic mass is 16.6. The first-order chi connectivity index (χ1) is 7.31. The summed E-state index contributed by atoms with van der Waals surface area (Å²) in [5.41, 5.74) is 0. The third-order valence-electron chi connectivity index (χ3n) is 2.26. The minimum absolute atomic E-state index is 0.0434.